The molecule has 6 heteroatoms. The zero-order valence-corrected chi connectivity index (χ0v) is 13.9. The van der Waals surface area contributed by atoms with Crippen molar-refractivity contribution in [3.05, 3.63) is 69.5 Å². The van der Waals surface area contributed by atoms with Gasteiger partial charge in [-0.15, -0.1) is 0 Å². The molecule has 22 heavy (non-hydrogen) atoms. The lowest BCUT2D eigenvalue weighted by Crippen LogP contribution is -2.26. The molecule has 2 nitrogen and oxygen atoms in total. The minimum atomic E-state index is -0.511. The fraction of sp³-hybridized carbons (Fsp3) is 0.188. The van der Waals surface area contributed by atoms with Crippen LogP contribution >= 0.6 is 35.0 Å². The summed E-state index contributed by atoms with van der Waals surface area (Å²) in [7, 11) is 0. The first-order valence-electron chi connectivity index (χ1n) is 6.62. The standard InChI is InChI=1S/C16H14Cl2FNOS/c17-13-6-5-11(9-14(13)18)10-22-8-7-20-16(21)12-3-1-2-4-15(12)19/h1-6,9H,7-8,10H2,(H,20,21). The van der Waals surface area contributed by atoms with Crippen molar-refractivity contribution < 1.29 is 9.18 Å². The van der Waals surface area contributed by atoms with Crippen LogP contribution in [0, 0.1) is 5.82 Å². The van der Waals surface area contributed by atoms with Crippen LogP contribution in [0.25, 0.3) is 0 Å². The van der Waals surface area contributed by atoms with Crippen LogP contribution in [0.2, 0.25) is 10.0 Å². The maximum atomic E-state index is 13.4. The number of benzene rings is 2. The Bertz CT molecular complexity index is 666. The molecule has 0 saturated heterocycles. The highest BCUT2D eigenvalue weighted by atomic mass is 35.5. The second-order valence-electron chi connectivity index (χ2n) is 4.54. The van der Waals surface area contributed by atoms with Gasteiger partial charge in [0, 0.05) is 18.1 Å². The average molecular weight is 358 g/mol. The van der Waals surface area contributed by atoms with Crippen molar-refractivity contribution in [3.8, 4) is 0 Å². The molecule has 2 aromatic rings. The van der Waals surface area contributed by atoms with Crippen LogP contribution in [0.4, 0.5) is 4.39 Å². The number of thioether (sulfide) groups is 1. The second kappa shape index (κ2) is 8.42. The molecule has 0 fully saturated rings. The van der Waals surface area contributed by atoms with Crippen LogP contribution in [-0.4, -0.2) is 18.2 Å². The molecule has 116 valence electrons. The monoisotopic (exact) mass is 357 g/mol. The molecule has 0 heterocycles. The predicted octanol–water partition coefficient (Wildman–Crippen LogP) is 4.80. The van der Waals surface area contributed by atoms with Crippen molar-refractivity contribution in [1.29, 1.82) is 0 Å². The van der Waals surface area contributed by atoms with Gasteiger partial charge in [-0.05, 0) is 29.8 Å². The lowest BCUT2D eigenvalue weighted by Gasteiger charge is -2.06. The maximum absolute atomic E-state index is 13.4. The molecule has 0 aromatic heterocycles. The zero-order chi connectivity index (χ0) is 15.9. The molecule has 0 bridgehead atoms. The van der Waals surface area contributed by atoms with E-state index in [1.54, 1.807) is 30.0 Å². The summed E-state index contributed by atoms with van der Waals surface area (Å²) in [6.45, 7) is 0.471. The highest BCUT2D eigenvalue weighted by molar-refractivity contribution is 7.98. The summed E-state index contributed by atoms with van der Waals surface area (Å²) in [6, 6.07) is 11.4. The Morgan fingerprint density at radius 1 is 1.14 bits per heavy atom. The summed E-state index contributed by atoms with van der Waals surface area (Å²) in [4.78, 5) is 11.8. The minimum Gasteiger partial charge on any atom is -0.351 e. The van der Waals surface area contributed by atoms with Gasteiger partial charge in [-0.1, -0.05) is 41.4 Å². The van der Waals surface area contributed by atoms with E-state index in [0.717, 1.165) is 17.1 Å². The van der Waals surface area contributed by atoms with Gasteiger partial charge in [0.2, 0.25) is 0 Å². The fourth-order valence-electron chi connectivity index (χ4n) is 1.80. The molecule has 1 amide bonds. The third kappa shape index (κ3) is 4.90. The van der Waals surface area contributed by atoms with Crippen LogP contribution < -0.4 is 5.32 Å². The lowest BCUT2D eigenvalue weighted by molar-refractivity contribution is 0.0952. The summed E-state index contributed by atoms with van der Waals surface area (Å²) >= 11 is 13.4. The molecule has 0 aliphatic rings. The molecule has 2 rings (SSSR count). The molecule has 1 N–H and O–H groups in total. The number of rotatable bonds is 6. The first kappa shape index (κ1) is 17.1. The molecule has 0 saturated carbocycles. The van der Waals surface area contributed by atoms with Gasteiger partial charge in [-0.2, -0.15) is 11.8 Å². The quantitative estimate of drug-likeness (QED) is 0.752. The number of halogens is 3. The minimum absolute atomic E-state index is 0.0667. The number of carbonyl (C=O) groups is 1. The topological polar surface area (TPSA) is 29.1 Å². The Hall–Kier alpha value is -1.23. The normalized spacial score (nSPS) is 10.5. The number of carbonyl (C=O) groups excluding carboxylic acids is 1. The maximum Gasteiger partial charge on any atom is 0.254 e. The van der Waals surface area contributed by atoms with E-state index in [4.69, 9.17) is 23.2 Å². The summed E-state index contributed by atoms with van der Waals surface area (Å²) in [5.74, 6) is 0.587. The third-order valence-corrected chi connectivity index (χ3v) is 4.67. The third-order valence-electron chi connectivity index (χ3n) is 2.90. The number of amides is 1. The van der Waals surface area contributed by atoms with E-state index < -0.39 is 11.7 Å². The van der Waals surface area contributed by atoms with Crippen LogP contribution in [0.1, 0.15) is 15.9 Å². The van der Waals surface area contributed by atoms with Crippen molar-refractivity contribution in [3.63, 3.8) is 0 Å². The fourth-order valence-corrected chi connectivity index (χ4v) is 2.92. The van der Waals surface area contributed by atoms with Crippen molar-refractivity contribution in [2.45, 2.75) is 5.75 Å². The Balaban J connectivity index is 1.72. The first-order chi connectivity index (χ1) is 10.6. The first-order valence-corrected chi connectivity index (χ1v) is 8.53. The van der Waals surface area contributed by atoms with Gasteiger partial charge in [0.25, 0.3) is 5.91 Å². The van der Waals surface area contributed by atoms with E-state index >= 15 is 0 Å². The van der Waals surface area contributed by atoms with Crippen molar-refractivity contribution in [2.24, 2.45) is 0 Å². The van der Waals surface area contributed by atoms with Crippen molar-refractivity contribution >= 4 is 40.9 Å². The zero-order valence-electron chi connectivity index (χ0n) is 11.6. The van der Waals surface area contributed by atoms with Crippen LogP contribution in [0.3, 0.4) is 0 Å². The summed E-state index contributed by atoms with van der Waals surface area (Å²) < 4.78 is 13.4. The highest BCUT2D eigenvalue weighted by Crippen LogP contribution is 2.24. The number of hydrogen-bond acceptors (Lipinski definition) is 2. The summed E-state index contributed by atoms with van der Waals surface area (Å²) in [5.41, 5.74) is 1.14. The van der Waals surface area contributed by atoms with Gasteiger partial charge < -0.3 is 5.32 Å². The van der Waals surface area contributed by atoms with Gasteiger partial charge in [0.1, 0.15) is 5.82 Å². The van der Waals surface area contributed by atoms with E-state index in [-0.39, 0.29) is 5.56 Å². The lowest BCUT2D eigenvalue weighted by atomic mass is 10.2. The SMILES string of the molecule is O=C(NCCSCc1ccc(Cl)c(Cl)c1)c1ccccc1F. The van der Waals surface area contributed by atoms with Gasteiger partial charge in [-0.25, -0.2) is 4.39 Å². The van der Waals surface area contributed by atoms with Gasteiger partial charge in [-0.3, -0.25) is 4.79 Å². The van der Waals surface area contributed by atoms with E-state index in [0.29, 0.717) is 16.6 Å². The Morgan fingerprint density at radius 3 is 2.64 bits per heavy atom. The average Bonchev–Trinajstić information content (AvgIpc) is 2.50. The number of nitrogens with one attached hydrogen (secondary N) is 1. The molecule has 0 spiro atoms. The van der Waals surface area contributed by atoms with Gasteiger partial charge in [0.05, 0.1) is 15.6 Å². The molecule has 0 aliphatic carbocycles. The molecular weight excluding hydrogens is 344 g/mol. The smallest absolute Gasteiger partial charge is 0.254 e. The van der Waals surface area contributed by atoms with Crippen molar-refractivity contribution in [1.82, 2.24) is 5.32 Å². The Labute approximate surface area is 143 Å². The molecule has 0 unspecified atom stereocenters. The Kier molecular flexibility index (Phi) is 6.55. The van der Waals surface area contributed by atoms with Crippen LogP contribution in [-0.2, 0) is 5.75 Å². The number of hydrogen-bond donors (Lipinski definition) is 1. The van der Waals surface area contributed by atoms with Crippen LogP contribution in [0.15, 0.2) is 42.5 Å². The highest BCUT2D eigenvalue weighted by Gasteiger charge is 2.09. The second-order valence-corrected chi connectivity index (χ2v) is 6.46. The van der Waals surface area contributed by atoms with Crippen LogP contribution in [0.5, 0.6) is 0 Å². The van der Waals surface area contributed by atoms with E-state index in [1.165, 1.54) is 12.1 Å². The van der Waals surface area contributed by atoms with Gasteiger partial charge in [0.15, 0.2) is 0 Å². The van der Waals surface area contributed by atoms with Gasteiger partial charge >= 0.3 is 0 Å². The van der Waals surface area contributed by atoms with E-state index in [2.05, 4.69) is 5.32 Å². The summed E-state index contributed by atoms with van der Waals surface area (Å²) in [6.07, 6.45) is 0. The summed E-state index contributed by atoms with van der Waals surface area (Å²) in [5, 5.41) is 3.77. The Morgan fingerprint density at radius 2 is 1.91 bits per heavy atom. The van der Waals surface area contributed by atoms with E-state index in [9.17, 15) is 9.18 Å². The molecule has 0 atom stereocenters. The molecule has 0 aliphatic heterocycles. The predicted molar refractivity (Wildman–Crippen MR) is 91.4 cm³/mol. The molecule has 2 aromatic carbocycles. The van der Waals surface area contributed by atoms with E-state index in [1.807, 2.05) is 12.1 Å². The largest absolute Gasteiger partial charge is 0.351 e. The van der Waals surface area contributed by atoms with Crippen molar-refractivity contribution in [2.75, 3.05) is 12.3 Å². The molecule has 0 radical (unpaired) electrons. The molecular formula is C16H14Cl2FNOS.